The van der Waals surface area contributed by atoms with E-state index in [2.05, 4.69) is 4.98 Å². The van der Waals surface area contributed by atoms with Gasteiger partial charge in [0.2, 0.25) is 0 Å². The average Bonchev–Trinajstić information content (AvgIpc) is 2.83. The maximum absolute atomic E-state index is 12.6. The van der Waals surface area contributed by atoms with E-state index >= 15 is 0 Å². The fourth-order valence-corrected chi connectivity index (χ4v) is 2.15. The van der Waals surface area contributed by atoms with Crippen molar-refractivity contribution >= 4 is 10.9 Å². The summed E-state index contributed by atoms with van der Waals surface area (Å²) in [6.45, 7) is 0. The molecule has 0 radical (unpaired) electrons. The Bertz CT molecular complexity index is 579. The lowest BCUT2D eigenvalue weighted by Crippen LogP contribution is -2.18. The summed E-state index contributed by atoms with van der Waals surface area (Å²) in [4.78, 5) is 2.40. The lowest BCUT2D eigenvalue weighted by atomic mass is 10.0. The molecule has 0 spiro atoms. The zero-order valence-electron chi connectivity index (χ0n) is 8.93. The van der Waals surface area contributed by atoms with Gasteiger partial charge in [0.05, 0.1) is 0 Å². The summed E-state index contributed by atoms with van der Waals surface area (Å²) in [6, 6.07) is 6.34. The third-order valence-electron chi connectivity index (χ3n) is 3.29. The van der Waals surface area contributed by atoms with Crippen molar-refractivity contribution < 1.29 is 13.2 Å². The highest BCUT2D eigenvalue weighted by Crippen LogP contribution is 2.46. The van der Waals surface area contributed by atoms with Gasteiger partial charge in [0.1, 0.15) is 5.69 Å². The van der Waals surface area contributed by atoms with Crippen LogP contribution in [0.1, 0.15) is 24.1 Å². The van der Waals surface area contributed by atoms with E-state index in [1.54, 1.807) is 12.1 Å². The van der Waals surface area contributed by atoms with Crippen LogP contribution in [0.25, 0.3) is 10.9 Å². The summed E-state index contributed by atoms with van der Waals surface area (Å²) in [6.07, 6.45) is -2.68. The predicted octanol–water partition coefficient (Wildman–Crippen LogP) is 3.13. The Morgan fingerprint density at radius 1 is 1.24 bits per heavy atom. The van der Waals surface area contributed by atoms with Crippen molar-refractivity contribution in [1.29, 1.82) is 0 Å². The van der Waals surface area contributed by atoms with Gasteiger partial charge in [-0.05, 0) is 30.5 Å². The van der Waals surface area contributed by atoms with Gasteiger partial charge < -0.3 is 10.7 Å². The van der Waals surface area contributed by atoms with E-state index in [1.807, 2.05) is 6.07 Å². The number of hydrogen-bond acceptors (Lipinski definition) is 1. The highest BCUT2D eigenvalue weighted by Gasteiger charge is 2.42. The average molecular weight is 240 g/mol. The Morgan fingerprint density at radius 3 is 2.53 bits per heavy atom. The number of nitrogens with two attached hydrogens (primary N) is 1. The van der Waals surface area contributed by atoms with Crippen LogP contribution in [-0.4, -0.2) is 4.98 Å². The quantitative estimate of drug-likeness (QED) is 0.790. The summed E-state index contributed by atoms with van der Waals surface area (Å²) in [7, 11) is 0. The molecule has 0 atom stereocenters. The number of hydrogen-bond donors (Lipinski definition) is 2. The number of alkyl halides is 3. The van der Waals surface area contributed by atoms with Crippen molar-refractivity contribution in [2.75, 3.05) is 0 Å². The number of halogens is 3. The molecule has 3 rings (SSSR count). The van der Waals surface area contributed by atoms with E-state index in [0.717, 1.165) is 24.5 Å². The zero-order valence-corrected chi connectivity index (χ0v) is 8.93. The smallest absolute Gasteiger partial charge is 0.351 e. The molecule has 90 valence electrons. The van der Waals surface area contributed by atoms with Crippen LogP contribution >= 0.6 is 0 Å². The van der Waals surface area contributed by atoms with Crippen LogP contribution in [-0.2, 0) is 11.7 Å². The number of H-pyrrole nitrogens is 1. The van der Waals surface area contributed by atoms with E-state index in [-0.39, 0.29) is 0 Å². The van der Waals surface area contributed by atoms with Crippen LogP contribution in [0, 0.1) is 0 Å². The fraction of sp³-hybridized carbons (Fsp3) is 0.333. The van der Waals surface area contributed by atoms with E-state index in [1.165, 1.54) is 0 Å². The van der Waals surface area contributed by atoms with Crippen LogP contribution in [0.5, 0.6) is 0 Å². The van der Waals surface area contributed by atoms with Gasteiger partial charge in [-0.15, -0.1) is 0 Å². The van der Waals surface area contributed by atoms with Gasteiger partial charge in [0, 0.05) is 16.4 Å². The fourth-order valence-electron chi connectivity index (χ4n) is 2.15. The van der Waals surface area contributed by atoms with Crippen LogP contribution in [0.15, 0.2) is 24.3 Å². The summed E-state index contributed by atoms with van der Waals surface area (Å²) in [5.74, 6) is 0. The van der Waals surface area contributed by atoms with E-state index in [0.29, 0.717) is 10.9 Å². The van der Waals surface area contributed by atoms with Crippen molar-refractivity contribution in [3.63, 3.8) is 0 Å². The van der Waals surface area contributed by atoms with Gasteiger partial charge in [-0.3, -0.25) is 0 Å². The first kappa shape index (κ1) is 10.7. The lowest BCUT2D eigenvalue weighted by molar-refractivity contribution is -0.140. The summed E-state index contributed by atoms with van der Waals surface area (Å²) in [5, 5.41) is 0.583. The molecule has 1 fully saturated rings. The van der Waals surface area contributed by atoms with Crippen LogP contribution in [0.2, 0.25) is 0 Å². The molecule has 1 aromatic heterocycles. The molecule has 1 aliphatic rings. The summed E-state index contributed by atoms with van der Waals surface area (Å²) < 4.78 is 37.8. The molecule has 2 aromatic rings. The van der Waals surface area contributed by atoms with Gasteiger partial charge in [0.15, 0.2) is 0 Å². The Balaban J connectivity index is 2.22. The SMILES string of the molecule is NC1(c2cccc3[nH]c(C(F)(F)F)cc23)CC1. The number of nitrogens with one attached hydrogen (secondary N) is 1. The van der Waals surface area contributed by atoms with Crippen molar-refractivity contribution in [2.24, 2.45) is 5.73 Å². The standard InChI is InChI=1S/C12H11F3N2/c13-12(14,15)10-6-7-8(11(16)4-5-11)2-1-3-9(7)17-10/h1-3,6,17H,4-5,16H2. The van der Waals surface area contributed by atoms with E-state index in [9.17, 15) is 13.2 Å². The molecule has 1 aromatic carbocycles. The van der Waals surface area contributed by atoms with Gasteiger partial charge in [-0.1, -0.05) is 12.1 Å². The van der Waals surface area contributed by atoms with Crippen molar-refractivity contribution in [3.05, 3.63) is 35.5 Å². The number of benzene rings is 1. The minimum atomic E-state index is -4.35. The van der Waals surface area contributed by atoms with Crippen LogP contribution in [0.4, 0.5) is 13.2 Å². The summed E-state index contributed by atoms with van der Waals surface area (Å²) in [5.41, 5.74) is 6.21. The largest absolute Gasteiger partial charge is 0.431 e. The molecule has 3 N–H and O–H groups in total. The highest BCUT2D eigenvalue weighted by atomic mass is 19.4. The van der Waals surface area contributed by atoms with Gasteiger partial charge in [-0.2, -0.15) is 13.2 Å². The number of aromatic nitrogens is 1. The van der Waals surface area contributed by atoms with Gasteiger partial charge >= 0.3 is 6.18 Å². The molecular formula is C12H11F3N2. The second-order valence-electron chi connectivity index (χ2n) is 4.60. The normalized spacial score (nSPS) is 18.6. The number of fused-ring (bicyclic) bond motifs is 1. The second-order valence-corrected chi connectivity index (χ2v) is 4.60. The molecule has 0 amide bonds. The number of aromatic amines is 1. The Hall–Kier alpha value is -1.49. The van der Waals surface area contributed by atoms with Crippen molar-refractivity contribution in [3.8, 4) is 0 Å². The number of rotatable bonds is 1. The Kier molecular flexibility index (Phi) is 1.91. The van der Waals surface area contributed by atoms with E-state index in [4.69, 9.17) is 5.73 Å². The zero-order chi connectivity index (χ0) is 12.3. The molecule has 1 heterocycles. The highest BCUT2D eigenvalue weighted by molar-refractivity contribution is 5.85. The first-order valence-electron chi connectivity index (χ1n) is 5.38. The minimum Gasteiger partial charge on any atom is -0.351 e. The second kappa shape index (κ2) is 3.04. The maximum atomic E-state index is 12.6. The minimum absolute atomic E-state index is 0.426. The Morgan fingerprint density at radius 2 is 1.94 bits per heavy atom. The molecule has 0 saturated heterocycles. The maximum Gasteiger partial charge on any atom is 0.431 e. The lowest BCUT2D eigenvalue weighted by Gasteiger charge is -2.09. The monoisotopic (exact) mass is 240 g/mol. The molecule has 1 saturated carbocycles. The van der Waals surface area contributed by atoms with Crippen molar-refractivity contribution in [1.82, 2.24) is 4.98 Å². The van der Waals surface area contributed by atoms with E-state index < -0.39 is 17.4 Å². The molecule has 1 aliphatic carbocycles. The molecule has 5 heteroatoms. The summed E-state index contributed by atoms with van der Waals surface area (Å²) >= 11 is 0. The van der Waals surface area contributed by atoms with Gasteiger partial charge in [0.25, 0.3) is 0 Å². The first-order valence-corrected chi connectivity index (χ1v) is 5.38. The molecule has 0 unspecified atom stereocenters. The van der Waals surface area contributed by atoms with Gasteiger partial charge in [-0.25, -0.2) is 0 Å². The molecule has 0 bridgehead atoms. The predicted molar refractivity (Wildman–Crippen MR) is 58.4 cm³/mol. The molecule has 0 aliphatic heterocycles. The third kappa shape index (κ3) is 1.61. The molecule has 17 heavy (non-hydrogen) atoms. The molecular weight excluding hydrogens is 229 g/mol. The topological polar surface area (TPSA) is 41.8 Å². The molecule has 2 nitrogen and oxygen atoms in total. The third-order valence-corrected chi connectivity index (χ3v) is 3.29. The van der Waals surface area contributed by atoms with Crippen LogP contribution in [0.3, 0.4) is 0 Å². The van der Waals surface area contributed by atoms with Crippen molar-refractivity contribution in [2.45, 2.75) is 24.6 Å². The Labute approximate surface area is 95.6 Å². The van der Waals surface area contributed by atoms with Crippen LogP contribution < -0.4 is 5.73 Å². The first-order chi connectivity index (χ1) is 7.90.